The summed E-state index contributed by atoms with van der Waals surface area (Å²) >= 11 is 0. The molecule has 2 aromatic rings. The Morgan fingerprint density at radius 2 is 2.00 bits per heavy atom. The van der Waals surface area contributed by atoms with E-state index in [0.29, 0.717) is 18.1 Å². The smallest absolute Gasteiger partial charge is 0.254 e. The molecule has 2 atom stereocenters. The predicted octanol–water partition coefficient (Wildman–Crippen LogP) is 4.06. The van der Waals surface area contributed by atoms with Gasteiger partial charge in [-0.2, -0.15) is 5.10 Å². The number of methoxy groups -OCH3 is 1. The molecule has 4 rings (SSSR count). The number of hydrogen-bond donors (Lipinski definition) is 0. The highest BCUT2D eigenvalue weighted by molar-refractivity contribution is 5.94. The van der Waals surface area contributed by atoms with E-state index < -0.39 is 0 Å². The fourth-order valence-corrected chi connectivity index (χ4v) is 5.48. The quantitative estimate of drug-likeness (QED) is 0.677. The van der Waals surface area contributed by atoms with Crippen LogP contribution in [-0.4, -0.2) is 71.5 Å². The summed E-state index contributed by atoms with van der Waals surface area (Å²) in [6.45, 7) is 12.2. The summed E-state index contributed by atoms with van der Waals surface area (Å²) in [5.41, 5.74) is 4.41. The van der Waals surface area contributed by atoms with Crippen LogP contribution >= 0.6 is 0 Å². The van der Waals surface area contributed by atoms with Gasteiger partial charge >= 0.3 is 0 Å². The second-order valence-electron chi connectivity index (χ2n) is 9.69. The molecule has 3 heterocycles. The third kappa shape index (κ3) is 5.63. The van der Waals surface area contributed by atoms with Crippen molar-refractivity contribution in [1.29, 1.82) is 0 Å². The molecule has 0 aliphatic carbocycles. The van der Waals surface area contributed by atoms with Gasteiger partial charge in [0.25, 0.3) is 5.91 Å². The average molecular weight is 469 g/mol. The average Bonchev–Trinajstić information content (AvgIpc) is 3.13. The zero-order valence-electron chi connectivity index (χ0n) is 21.3. The molecule has 186 valence electrons. The van der Waals surface area contributed by atoms with Gasteiger partial charge < -0.3 is 14.4 Å². The van der Waals surface area contributed by atoms with E-state index in [1.54, 1.807) is 7.11 Å². The first kappa shape index (κ1) is 24.7. The molecule has 1 saturated heterocycles. The van der Waals surface area contributed by atoms with Gasteiger partial charge in [0.15, 0.2) is 0 Å². The van der Waals surface area contributed by atoms with E-state index in [2.05, 4.69) is 30.4 Å². The van der Waals surface area contributed by atoms with Crippen molar-refractivity contribution in [2.75, 3.05) is 39.9 Å². The van der Waals surface area contributed by atoms with Crippen molar-refractivity contribution in [1.82, 2.24) is 19.6 Å². The molecule has 0 N–H and O–H groups in total. The highest BCUT2D eigenvalue weighted by Crippen LogP contribution is 2.27. The normalized spacial score (nSPS) is 22.7. The van der Waals surface area contributed by atoms with Crippen LogP contribution in [0.2, 0.25) is 0 Å². The van der Waals surface area contributed by atoms with Crippen molar-refractivity contribution in [2.45, 2.75) is 65.6 Å². The molecule has 0 saturated carbocycles. The number of fused-ring (bicyclic) bond motifs is 4. The van der Waals surface area contributed by atoms with E-state index in [9.17, 15) is 4.79 Å². The van der Waals surface area contributed by atoms with E-state index in [4.69, 9.17) is 14.6 Å². The monoisotopic (exact) mass is 468 g/mol. The number of ether oxygens (including phenoxy) is 2. The molecule has 1 amide bonds. The molecule has 34 heavy (non-hydrogen) atoms. The largest absolute Gasteiger partial charge is 0.492 e. The van der Waals surface area contributed by atoms with E-state index in [1.165, 1.54) is 11.3 Å². The first-order valence-corrected chi connectivity index (χ1v) is 12.8. The lowest BCUT2D eigenvalue weighted by Gasteiger charge is -2.38. The Kier molecular flexibility index (Phi) is 8.27. The van der Waals surface area contributed by atoms with Crippen LogP contribution in [0.5, 0.6) is 5.75 Å². The molecule has 0 spiro atoms. The van der Waals surface area contributed by atoms with Crippen LogP contribution in [0.4, 0.5) is 0 Å². The summed E-state index contributed by atoms with van der Waals surface area (Å²) in [5, 5.41) is 4.71. The summed E-state index contributed by atoms with van der Waals surface area (Å²) < 4.78 is 14.0. The molecule has 1 fully saturated rings. The number of nitrogens with zero attached hydrogens (tertiary/aromatic N) is 4. The van der Waals surface area contributed by atoms with Gasteiger partial charge in [0.1, 0.15) is 12.4 Å². The topological polar surface area (TPSA) is 59.8 Å². The zero-order valence-corrected chi connectivity index (χ0v) is 21.3. The van der Waals surface area contributed by atoms with E-state index in [1.807, 2.05) is 29.2 Å². The minimum atomic E-state index is 0.0976. The Bertz CT molecular complexity index is 973. The van der Waals surface area contributed by atoms with Crippen LogP contribution in [0, 0.1) is 19.8 Å². The Morgan fingerprint density at radius 3 is 2.76 bits per heavy atom. The van der Waals surface area contributed by atoms with E-state index >= 15 is 0 Å². The number of amides is 1. The lowest BCUT2D eigenvalue weighted by atomic mass is 9.89. The number of aryl methyl sites for hydroxylation is 2. The maximum Gasteiger partial charge on any atom is 0.254 e. The van der Waals surface area contributed by atoms with Gasteiger partial charge in [0, 0.05) is 62.6 Å². The van der Waals surface area contributed by atoms with Gasteiger partial charge in [-0.3, -0.25) is 14.4 Å². The van der Waals surface area contributed by atoms with Crippen LogP contribution in [0.3, 0.4) is 0 Å². The standard InChI is InChI=1S/C27H40N4O3/c1-5-31-21(3)25(20(2)28-31)19-29-13-7-6-9-23-18-30(14-12-26(23)33-4)27(32)22-10-8-11-24(17-22)34-16-15-29/h8,10-11,17,23,26H,5-7,9,12-16,18-19H2,1-4H3/t23-,26+/m1/s1. The van der Waals surface area contributed by atoms with Gasteiger partial charge in [0.05, 0.1) is 11.8 Å². The Hall–Kier alpha value is -2.38. The number of piperidine rings is 1. The van der Waals surface area contributed by atoms with Crippen LogP contribution in [0.15, 0.2) is 24.3 Å². The van der Waals surface area contributed by atoms with Crippen LogP contribution in [0.1, 0.15) is 59.9 Å². The van der Waals surface area contributed by atoms with Gasteiger partial charge in [0.2, 0.25) is 0 Å². The third-order valence-electron chi connectivity index (χ3n) is 7.52. The number of hydrogen-bond acceptors (Lipinski definition) is 5. The number of benzene rings is 1. The van der Waals surface area contributed by atoms with Crippen LogP contribution in [0.25, 0.3) is 0 Å². The molecule has 1 aromatic heterocycles. The van der Waals surface area contributed by atoms with Crippen molar-refractivity contribution < 1.29 is 14.3 Å². The first-order chi connectivity index (χ1) is 16.5. The Morgan fingerprint density at radius 1 is 1.15 bits per heavy atom. The molecular weight excluding hydrogens is 428 g/mol. The molecule has 0 unspecified atom stereocenters. The summed E-state index contributed by atoms with van der Waals surface area (Å²) in [4.78, 5) is 17.7. The molecule has 7 heteroatoms. The molecular formula is C27H40N4O3. The predicted molar refractivity (Wildman–Crippen MR) is 133 cm³/mol. The highest BCUT2D eigenvalue weighted by atomic mass is 16.5. The minimum Gasteiger partial charge on any atom is -0.492 e. The summed E-state index contributed by atoms with van der Waals surface area (Å²) in [7, 11) is 1.81. The van der Waals surface area contributed by atoms with Gasteiger partial charge in [-0.1, -0.05) is 12.5 Å². The SMILES string of the molecule is CCn1nc(C)c(CN2CCCC[C@@H]3CN(CC[C@@H]3OC)C(=O)c3cccc(c3)OCC2)c1C. The Labute approximate surface area is 204 Å². The number of rotatable bonds is 4. The van der Waals surface area contributed by atoms with E-state index in [0.717, 1.165) is 76.4 Å². The van der Waals surface area contributed by atoms with Gasteiger partial charge in [-0.05, 0) is 64.8 Å². The second kappa shape index (κ2) is 11.4. The van der Waals surface area contributed by atoms with Crippen molar-refractivity contribution in [3.63, 3.8) is 0 Å². The molecule has 2 aliphatic rings. The van der Waals surface area contributed by atoms with Crippen molar-refractivity contribution in [3.05, 3.63) is 46.8 Å². The molecule has 0 radical (unpaired) electrons. The molecule has 2 aliphatic heterocycles. The Balaban J connectivity index is 1.52. The van der Waals surface area contributed by atoms with Crippen LogP contribution < -0.4 is 4.74 Å². The van der Waals surface area contributed by atoms with Crippen molar-refractivity contribution >= 4 is 5.91 Å². The van der Waals surface area contributed by atoms with Crippen LogP contribution in [-0.2, 0) is 17.8 Å². The maximum atomic E-state index is 13.2. The van der Waals surface area contributed by atoms with Crippen molar-refractivity contribution in [2.24, 2.45) is 5.92 Å². The first-order valence-electron chi connectivity index (χ1n) is 12.8. The fraction of sp³-hybridized carbons (Fsp3) is 0.630. The molecule has 4 bridgehead atoms. The maximum absolute atomic E-state index is 13.2. The van der Waals surface area contributed by atoms with Gasteiger partial charge in [-0.15, -0.1) is 0 Å². The summed E-state index contributed by atoms with van der Waals surface area (Å²) in [6, 6.07) is 7.65. The summed E-state index contributed by atoms with van der Waals surface area (Å²) in [5.74, 6) is 1.24. The third-order valence-corrected chi connectivity index (χ3v) is 7.52. The minimum absolute atomic E-state index is 0.0976. The van der Waals surface area contributed by atoms with E-state index in [-0.39, 0.29) is 12.0 Å². The zero-order chi connectivity index (χ0) is 24.1. The highest BCUT2D eigenvalue weighted by Gasteiger charge is 2.31. The molecule has 7 nitrogen and oxygen atoms in total. The second-order valence-corrected chi connectivity index (χ2v) is 9.69. The van der Waals surface area contributed by atoms with Gasteiger partial charge in [-0.25, -0.2) is 0 Å². The number of carbonyl (C=O) groups excluding carboxylic acids is 1. The lowest BCUT2D eigenvalue weighted by Crippen LogP contribution is -2.46. The summed E-state index contributed by atoms with van der Waals surface area (Å²) in [6.07, 6.45) is 4.46. The van der Waals surface area contributed by atoms with Crippen molar-refractivity contribution in [3.8, 4) is 5.75 Å². The molecule has 1 aromatic carbocycles. The fourth-order valence-electron chi connectivity index (χ4n) is 5.48. The lowest BCUT2D eigenvalue weighted by molar-refractivity contribution is -0.00677. The number of carbonyl (C=O) groups is 1. The number of aromatic nitrogens is 2.